The van der Waals surface area contributed by atoms with Gasteiger partial charge in [-0.25, -0.2) is 5.14 Å². The monoisotopic (exact) mass is 248 g/mol. The molecule has 16 heavy (non-hydrogen) atoms. The predicted octanol–water partition coefficient (Wildman–Crippen LogP) is -0.377. The van der Waals surface area contributed by atoms with E-state index in [0.29, 0.717) is 25.9 Å². The lowest BCUT2D eigenvalue weighted by Gasteiger charge is -2.36. The van der Waals surface area contributed by atoms with Crippen LogP contribution in [0.4, 0.5) is 0 Å². The zero-order valence-corrected chi connectivity index (χ0v) is 9.90. The normalized spacial score (nSPS) is 39.9. The first-order valence-corrected chi connectivity index (χ1v) is 6.78. The van der Waals surface area contributed by atoms with Crippen LogP contribution in [0.3, 0.4) is 0 Å². The predicted molar refractivity (Wildman–Crippen MR) is 56.6 cm³/mol. The van der Waals surface area contributed by atoms with E-state index in [1.54, 1.807) is 0 Å². The number of hydrogen-bond donors (Lipinski definition) is 2. The molecule has 0 aromatic heterocycles. The highest BCUT2D eigenvalue weighted by Crippen LogP contribution is 2.62. The van der Waals surface area contributed by atoms with E-state index in [-0.39, 0.29) is 17.3 Å². The molecule has 0 aromatic rings. The Morgan fingerprint density at radius 2 is 2.19 bits per heavy atom. The first-order valence-electron chi connectivity index (χ1n) is 5.28. The summed E-state index contributed by atoms with van der Waals surface area (Å²) in [6, 6.07) is 0. The Hall–Kier alpha value is -0.660. The number of carboxylic acids is 1. The number of rotatable bonds is 2. The molecule has 0 radical (unpaired) electrons. The molecule has 2 rings (SSSR count). The summed E-state index contributed by atoms with van der Waals surface area (Å²) in [5.41, 5.74) is -0.187. The van der Waals surface area contributed by atoms with E-state index in [0.717, 1.165) is 0 Å². The van der Waals surface area contributed by atoms with Crippen molar-refractivity contribution in [3.05, 3.63) is 0 Å². The summed E-state index contributed by atoms with van der Waals surface area (Å²) in [5, 5.41) is 14.0. The SMILES string of the molecule is CC1CN(S(N)(=O)=O)CCC12CC2C(=O)O. The van der Waals surface area contributed by atoms with Crippen molar-refractivity contribution in [1.82, 2.24) is 4.31 Å². The van der Waals surface area contributed by atoms with Crippen LogP contribution in [0.15, 0.2) is 0 Å². The van der Waals surface area contributed by atoms with Crippen LogP contribution >= 0.6 is 0 Å². The molecule has 2 aliphatic rings. The van der Waals surface area contributed by atoms with Crippen LogP contribution in [-0.2, 0) is 15.0 Å². The summed E-state index contributed by atoms with van der Waals surface area (Å²) in [4.78, 5) is 10.9. The Balaban J connectivity index is 2.09. The van der Waals surface area contributed by atoms with Gasteiger partial charge in [-0.05, 0) is 24.2 Å². The van der Waals surface area contributed by atoms with E-state index in [2.05, 4.69) is 0 Å². The van der Waals surface area contributed by atoms with Gasteiger partial charge in [0.1, 0.15) is 0 Å². The lowest BCUT2D eigenvalue weighted by molar-refractivity contribution is -0.140. The van der Waals surface area contributed by atoms with Gasteiger partial charge in [0, 0.05) is 13.1 Å². The van der Waals surface area contributed by atoms with Gasteiger partial charge in [-0.2, -0.15) is 12.7 Å². The Morgan fingerprint density at radius 3 is 2.56 bits per heavy atom. The smallest absolute Gasteiger partial charge is 0.307 e. The molecular weight excluding hydrogens is 232 g/mol. The number of piperidine rings is 1. The van der Waals surface area contributed by atoms with Crippen LogP contribution in [-0.4, -0.2) is 36.9 Å². The molecule has 3 atom stereocenters. The van der Waals surface area contributed by atoms with Crippen LogP contribution in [0.5, 0.6) is 0 Å². The van der Waals surface area contributed by atoms with Crippen molar-refractivity contribution < 1.29 is 18.3 Å². The summed E-state index contributed by atoms with van der Waals surface area (Å²) < 4.78 is 23.6. The lowest BCUT2D eigenvalue weighted by atomic mass is 9.82. The standard InChI is InChI=1S/C9H16N2O4S/c1-6-5-11(16(10,14)15)3-2-9(6)4-7(9)8(12)13/h6-7H,2-5H2,1H3,(H,12,13)(H2,10,14,15). The summed E-state index contributed by atoms with van der Waals surface area (Å²) >= 11 is 0. The Kier molecular flexibility index (Phi) is 2.52. The zero-order chi connectivity index (χ0) is 12.1. The maximum atomic E-state index is 11.2. The third-order valence-corrected chi connectivity index (χ3v) is 5.11. The number of hydrogen-bond acceptors (Lipinski definition) is 3. The fraction of sp³-hybridized carbons (Fsp3) is 0.889. The Bertz CT molecular complexity index is 421. The van der Waals surface area contributed by atoms with E-state index in [1.165, 1.54) is 4.31 Å². The maximum Gasteiger partial charge on any atom is 0.307 e. The summed E-state index contributed by atoms with van der Waals surface area (Å²) in [6.45, 7) is 2.58. The topological polar surface area (TPSA) is 101 Å². The molecule has 2 fully saturated rings. The van der Waals surface area contributed by atoms with Crippen LogP contribution in [0, 0.1) is 17.3 Å². The number of carbonyl (C=O) groups is 1. The van der Waals surface area contributed by atoms with E-state index >= 15 is 0 Å². The molecule has 1 saturated heterocycles. The van der Waals surface area contributed by atoms with Gasteiger partial charge < -0.3 is 5.11 Å². The first-order chi connectivity index (χ1) is 7.27. The molecule has 1 saturated carbocycles. The van der Waals surface area contributed by atoms with Gasteiger partial charge in [0.25, 0.3) is 10.2 Å². The number of carboxylic acid groups (broad SMARTS) is 1. The average Bonchev–Trinajstić information content (AvgIpc) is 2.84. The van der Waals surface area contributed by atoms with Gasteiger partial charge in [0.05, 0.1) is 5.92 Å². The van der Waals surface area contributed by atoms with Crippen molar-refractivity contribution in [2.24, 2.45) is 22.4 Å². The highest BCUT2D eigenvalue weighted by Gasteiger charge is 2.62. The molecule has 3 unspecified atom stereocenters. The highest BCUT2D eigenvalue weighted by atomic mass is 32.2. The quantitative estimate of drug-likeness (QED) is 0.695. The summed E-state index contributed by atoms with van der Waals surface area (Å²) in [5.74, 6) is -1.01. The molecule has 1 heterocycles. The minimum atomic E-state index is -3.63. The molecule has 7 heteroatoms. The minimum absolute atomic E-state index is 0.0562. The fourth-order valence-corrected chi connectivity index (χ4v) is 3.64. The molecule has 3 N–H and O–H groups in total. The van der Waals surface area contributed by atoms with Gasteiger partial charge in [-0.15, -0.1) is 0 Å². The highest BCUT2D eigenvalue weighted by molar-refractivity contribution is 7.86. The van der Waals surface area contributed by atoms with Crippen molar-refractivity contribution in [2.75, 3.05) is 13.1 Å². The van der Waals surface area contributed by atoms with Gasteiger partial charge in [0.15, 0.2) is 0 Å². The van der Waals surface area contributed by atoms with Crippen molar-refractivity contribution >= 4 is 16.2 Å². The van der Waals surface area contributed by atoms with Crippen LogP contribution < -0.4 is 5.14 Å². The van der Waals surface area contributed by atoms with Gasteiger partial charge in [-0.3, -0.25) is 4.79 Å². The molecule has 1 aliphatic heterocycles. The van der Waals surface area contributed by atoms with E-state index in [4.69, 9.17) is 10.2 Å². The third-order valence-electron chi connectivity index (χ3n) is 4.06. The van der Waals surface area contributed by atoms with Crippen LogP contribution in [0.2, 0.25) is 0 Å². The zero-order valence-electron chi connectivity index (χ0n) is 9.09. The Labute approximate surface area is 94.6 Å². The van der Waals surface area contributed by atoms with Crippen LogP contribution in [0.25, 0.3) is 0 Å². The fourth-order valence-electron chi connectivity index (χ4n) is 2.86. The summed E-state index contributed by atoms with van der Waals surface area (Å²) in [6.07, 6.45) is 1.27. The van der Waals surface area contributed by atoms with Crippen LogP contribution in [0.1, 0.15) is 19.8 Å². The van der Waals surface area contributed by atoms with Crippen molar-refractivity contribution in [1.29, 1.82) is 0 Å². The van der Waals surface area contributed by atoms with E-state index in [1.807, 2.05) is 6.92 Å². The van der Waals surface area contributed by atoms with E-state index < -0.39 is 16.2 Å². The minimum Gasteiger partial charge on any atom is -0.481 e. The second-order valence-electron chi connectivity index (χ2n) is 4.88. The molecule has 0 amide bonds. The van der Waals surface area contributed by atoms with Gasteiger partial charge in [0.2, 0.25) is 0 Å². The average molecular weight is 248 g/mol. The van der Waals surface area contributed by atoms with E-state index in [9.17, 15) is 13.2 Å². The molecule has 6 nitrogen and oxygen atoms in total. The van der Waals surface area contributed by atoms with Gasteiger partial charge in [-0.1, -0.05) is 6.92 Å². The second-order valence-corrected chi connectivity index (χ2v) is 6.43. The molecule has 1 spiro atoms. The number of nitrogens with zero attached hydrogens (tertiary/aromatic N) is 1. The maximum absolute atomic E-state index is 11.2. The molecule has 92 valence electrons. The molecule has 1 aliphatic carbocycles. The largest absolute Gasteiger partial charge is 0.481 e. The number of aliphatic carboxylic acids is 1. The first kappa shape index (κ1) is 11.8. The number of nitrogens with two attached hydrogens (primary N) is 1. The third kappa shape index (κ3) is 1.72. The second kappa shape index (κ2) is 3.41. The lowest BCUT2D eigenvalue weighted by Crippen LogP contribution is -2.47. The Morgan fingerprint density at radius 1 is 1.56 bits per heavy atom. The van der Waals surface area contributed by atoms with Crippen molar-refractivity contribution in [3.63, 3.8) is 0 Å². The molecule has 0 bridgehead atoms. The molecule has 0 aromatic carbocycles. The van der Waals surface area contributed by atoms with Crippen molar-refractivity contribution in [2.45, 2.75) is 19.8 Å². The summed E-state index contributed by atoms with van der Waals surface area (Å²) in [7, 11) is -3.63. The molecular formula is C9H16N2O4S. The van der Waals surface area contributed by atoms with Gasteiger partial charge >= 0.3 is 5.97 Å². The van der Waals surface area contributed by atoms with Crippen molar-refractivity contribution in [3.8, 4) is 0 Å².